The molecule has 0 heterocycles. The second kappa shape index (κ2) is 5.97. The molecule has 0 bridgehead atoms. The molecule has 2 N–H and O–H groups in total. The van der Waals surface area contributed by atoms with Gasteiger partial charge in [0.1, 0.15) is 18.4 Å². The third-order valence-corrected chi connectivity index (χ3v) is 2.50. The summed E-state index contributed by atoms with van der Waals surface area (Å²) in [6.45, 7) is 1.45. The van der Waals surface area contributed by atoms with Crippen molar-refractivity contribution in [2.24, 2.45) is 0 Å². The van der Waals surface area contributed by atoms with Crippen LogP contribution in [-0.2, 0) is 4.79 Å². The number of nitro groups is 1. The summed E-state index contributed by atoms with van der Waals surface area (Å²) in [5.41, 5.74) is 0.326. The molecule has 0 saturated heterocycles. The summed E-state index contributed by atoms with van der Waals surface area (Å²) in [6.07, 6.45) is 0. The molecule has 98 valence electrons. The maximum atomic E-state index is 10.8. The molecule has 0 saturated carbocycles. The van der Waals surface area contributed by atoms with Crippen molar-refractivity contribution in [3.8, 4) is 5.75 Å². The van der Waals surface area contributed by atoms with Crippen LogP contribution in [-0.4, -0.2) is 35.7 Å². The number of carboxylic acid groups (broad SMARTS) is 1. The monoisotopic (exact) mass is 254 g/mol. The van der Waals surface area contributed by atoms with Crippen LogP contribution < -0.4 is 10.1 Å². The average Bonchev–Trinajstić information content (AvgIpc) is 2.31. The predicted molar refractivity (Wildman–Crippen MR) is 63.8 cm³/mol. The molecule has 1 atom stereocenters. The van der Waals surface area contributed by atoms with E-state index >= 15 is 0 Å². The summed E-state index contributed by atoms with van der Waals surface area (Å²) in [7, 11) is 1.50. The average molecular weight is 254 g/mol. The smallest absolute Gasteiger partial charge is 0.324 e. The summed E-state index contributed by atoms with van der Waals surface area (Å²) in [5.74, 6) is -0.730. The van der Waals surface area contributed by atoms with E-state index < -0.39 is 16.9 Å². The molecular formula is C11H14N2O5. The lowest BCUT2D eigenvalue weighted by Crippen LogP contribution is -2.39. The number of aliphatic carboxylic acids is 1. The van der Waals surface area contributed by atoms with E-state index in [1.165, 1.54) is 19.2 Å². The molecule has 0 spiro atoms. The number of rotatable bonds is 6. The van der Waals surface area contributed by atoms with Gasteiger partial charge in [0.25, 0.3) is 5.69 Å². The summed E-state index contributed by atoms with van der Waals surface area (Å²) < 4.78 is 5.29. The minimum atomic E-state index is -1.04. The summed E-state index contributed by atoms with van der Waals surface area (Å²) in [4.78, 5) is 21.0. The molecule has 0 radical (unpaired) electrons. The highest BCUT2D eigenvalue weighted by Gasteiger charge is 2.18. The Labute approximate surface area is 104 Å². The lowest BCUT2D eigenvalue weighted by Gasteiger charge is -2.14. The highest BCUT2D eigenvalue weighted by Crippen LogP contribution is 2.26. The first-order chi connectivity index (χ1) is 8.47. The van der Waals surface area contributed by atoms with E-state index in [-0.39, 0.29) is 12.3 Å². The number of hydrogen-bond donors (Lipinski definition) is 2. The first-order valence-corrected chi connectivity index (χ1v) is 5.24. The van der Waals surface area contributed by atoms with Gasteiger partial charge in [0.05, 0.1) is 10.5 Å². The molecule has 0 aromatic heterocycles. The van der Waals surface area contributed by atoms with E-state index in [0.29, 0.717) is 11.3 Å². The van der Waals surface area contributed by atoms with Gasteiger partial charge < -0.3 is 15.2 Å². The quantitative estimate of drug-likeness (QED) is 0.579. The Bertz CT molecular complexity index is 461. The predicted octanol–water partition coefficient (Wildman–Crippen LogP) is 0.955. The Kier molecular flexibility index (Phi) is 4.61. The number of nitrogens with one attached hydrogen (secondary N) is 1. The van der Waals surface area contributed by atoms with Crippen LogP contribution >= 0.6 is 0 Å². The van der Waals surface area contributed by atoms with E-state index in [4.69, 9.17) is 9.84 Å². The molecule has 1 unspecified atom stereocenters. The van der Waals surface area contributed by atoms with E-state index in [1.54, 1.807) is 13.0 Å². The molecule has 0 aliphatic rings. The maximum Gasteiger partial charge on any atom is 0.324 e. The van der Waals surface area contributed by atoms with Crippen LogP contribution in [0.2, 0.25) is 0 Å². The highest BCUT2D eigenvalue weighted by molar-refractivity contribution is 5.73. The van der Waals surface area contributed by atoms with E-state index in [9.17, 15) is 14.9 Å². The molecule has 0 fully saturated rings. The van der Waals surface area contributed by atoms with Gasteiger partial charge in [-0.05, 0) is 20.0 Å². The zero-order chi connectivity index (χ0) is 13.7. The van der Waals surface area contributed by atoms with Gasteiger partial charge in [-0.15, -0.1) is 0 Å². The van der Waals surface area contributed by atoms with E-state index in [2.05, 4.69) is 5.32 Å². The number of likely N-dealkylation sites (N-methyl/N-ethyl adjacent to an activating group) is 1. The van der Waals surface area contributed by atoms with Crippen LogP contribution in [0.25, 0.3) is 0 Å². The molecule has 18 heavy (non-hydrogen) atoms. The molecule has 7 heteroatoms. The third kappa shape index (κ3) is 3.17. The number of nitrogens with zero attached hydrogens (tertiary/aromatic N) is 1. The van der Waals surface area contributed by atoms with Crippen molar-refractivity contribution in [2.45, 2.75) is 13.0 Å². The van der Waals surface area contributed by atoms with Crippen molar-refractivity contribution < 1.29 is 19.6 Å². The molecule has 0 aliphatic carbocycles. The van der Waals surface area contributed by atoms with Crippen LogP contribution in [0.1, 0.15) is 5.56 Å². The van der Waals surface area contributed by atoms with Gasteiger partial charge in [-0.25, -0.2) is 0 Å². The molecule has 0 aliphatic heterocycles. The number of carbonyl (C=O) groups is 1. The first kappa shape index (κ1) is 13.9. The number of nitro benzene ring substituents is 1. The van der Waals surface area contributed by atoms with Gasteiger partial charge in [-0.3, -0.25) is 14.9 Å². The van der Waals surface area contributed by atoms with Crippen LogP contribution in [0.5, 0.6) is 5.75 Å². The van der Waals surface area contributed by atoms with Gasteiger partial charge in [-0.1, -0.05) is 6.07 Å². The molecule has 1 rings (SSSR count). The van der Waals surface area contributed by atoms with Gasteiger partial charge in [0.2, 0.25) is 0 Å². The second-order valence-corrected chi connectivity index (χ2v) is 3.65. The number of ether oxygens (including phenoxy) is 1. The maximum absolute atomic E-state index is 10.8. The fourth-order valence-corrected chi connectivity index (χ4v) is 1.41. The van der Waals surface area contributed by atoms with Crippen molar-refractivity contribution in [1.29, 1.82) is 0 Å². The summed E-state index contributed by atoms with van der Waals surface area (Å²) in [5, 5.41) is 22.1. The third-order valence-electron chi connectivity index (χ3n) is 2.50. The largest absolute Gasteiger partial charge is 0.491 e. The first-order valence-electron chi connectivity index (χ1n) is 5.24. The fraction of sp³-hybridized carbons (Fsp3) is 0.364. The molecule has 0 amide bonds. The van der Waals surface area contributed by atoms with Crippen LogP contribution in [0.15, 0.2) is 18.2 Å². The Morgan fingerprint density at radius 1 is 1.61 bits per heavy atom. The fourth-order valence-electron chi connectivity index (χ4n) is 1.41. The standard InChI is InChI=1S/C11H14N2O5/c1-7-9(13(16)17)4-3-5-10(7)18-6-8(12-2)11(14)15/h3-5,8,12H,6H2,1-2H3,(H,14,15). The summed E-state index contributed by atoms with van der Waals surface area (Å²) >= 11 is 0. The van der Waals surface area contributed by atoms with Crippen molar-refractivity contribution in [3.05, 3.63) is 33.9 Å². The minimum Gasteiger partial charge on any atom is -0.491 e. The SMILES string of the molecule is CNC(COc1cccc([N+](=O)[O-])c1C)C(=O)O. The van der Waals surface area contributed by atoms with E-state index in [1.807, 2.05) is 0 Å². The Hall–Kier alpha value is -2.15. The number of hydrogen-bond acceptors (Lipinski definition) is 5. The lowest BCUT2D eigenvalue weighted by atomic mass is 10.2. The number of carboxylic acids is 1. The van der Waals surface area contributed by atoms with Gasteiger partial charge in [0, 0.05) is 6.07 Å². The summed E-state index contributed by atoms with van der Waals surface area (Å²) in [6, 6.07) is 3.57. The normalized spacial score (nSPS) is 11.9. The molecule has 1 aromatic rings. The molecule has 1 aromatic carbocycles. The van der Waals surface area contributed by atoms with Crippen LogP contribution in [0, 0.1) is 17.0 Å². The minimum absolute atomic E-state index is 0.0520. The van der Waals surface area contributed by atoms with Crippen molar-refractivity contribution >= 4 is 11.7 Å². The van der Waals surface area contributed by atoms with Gasteiger partial charge in [0.15, 0.2) is 0 Å². The van der Waals surface area contributed by atoms with Crippen molar-refractivity contribution in [2.75, 3.05) is 13.7 Å². The second-order valence-electron chi connectivity index (χ2n) is 3.65. The molecular weight excluding hydrogens is 240 g/mol. The lowest BCUT2D eigenvalue weighted by molar-refractivity contribution is -0.385. The van der Waals surface area contributed by atoms with Crippen molar-refractivity contribution in [3.63, 3.8) is 0 Å². The topological polar surface area (TPSA) is 102 Å². The van der Waals surface area contributed by atoms with Gasteiger partial charge in [-0.2, -0.15) is 0 Å². The Morgan fingerprint density at radius 2 is 2.28 bits per heavy atom. The Morgan fingerprint density at radius 3 is 2.78 bits per heavy atom. The highest BCUT2D eigenvalue weighted by atomic mass is 16.6. The zero-order valence-corrected chi connectivity index (χ0v) is 10.0. The van der Waals surface area contributed by atoms with Gasteiger partial charge >= 0.3 is 5.97 Å². The molecule has 7 nitrogen and oxygen atoms in total. The van der Waals surface area contributed by atoms with Crippen molar-refractivity contribution in [1.82, 2.24) is 5.32 Å². The van der Waals surface area contributed by atoms with Crippen LogP contribution in [0.4, 0.5) is 5.69 Å². The zero-order valence-electron chi connectivity index (χ0n) is 10.0. The number of benzene rings is 1. The van der Waals surface area contributed by atoms with Crippen LogP contribution in [0.3, 0.4) is 0 Å². The van der Waals surface area contributed by atoms with E-state index in [0.717, 1.165) is 0 Å². The Balaban J connectivity index is 2.82.